The van der Waals surface area contributed by atoms with Crippen LogP contribution in [0.2, 0.25) is 0 Å². The fourth-order valence-corrected chi connectivity index (χ4v) is 8.88. The van der Waals surface area contributed by atoms with Crippen LogP contribution in [0.1, 0.15) is 316 Å². The normalized spacial score (nSPS) is 12.5. The molecule has 0 fully saturated rings. The zero-order chi connectivity index (χ0) is 44.4. The van der Waals surface area contributed by atoms with Crippen LogP contribution >= 0.6 is 0 Å². The van der Waals surface area contributed by atoms with Gasteiger partial charge in [0.25, 0.3) is 0 Å². The largest absolute Gasteiger partial charge is 0.466 e. The summed E-state index contributed by atoms with van der Waals surface area (Å²) in [7, 11) is 0. The first-order valence-electron chi connectivity index (χ1n) is 27.8. The Balaban J connectivity index is 3.37. The average Bonchev–Trinajstić information content (AvgIpc) is 3.26. The zero-order valence-corrected chi connectivity index (χ0v) is 41.4. The molecule has 0 heterocycles. The van der Waals surface area contributed by atoms with Crippen molar-refractivity contribution in [2.24, 2.45) is 0 Å². The molecule has 0 aliphatic carbocycles. The van der Waals surface area contributed by atoms with Gasteiger partial charge in [0.2, 0.25) is 5.91 Å². The third-order valence-electron chi connectivity index (χ3n) is 13.2. The molecule has 61 heavy (non-hydrogen) atoms. The molecule has 0 aromatic carbocycles. The van der Waals surface area contributed by atoms with Gasteiger partial charge in [-0.25, -0.2) is 0 Å². The van der Waals surface area contributed by atoms with Crippen molar-refractivity contribution in [1.29, 1.82) is 0 Å². The summed E-state index contributed by atoms with van der Waals surface area (Å²) < 4.78 is 5.47. The van der Waals surface area contributed by atoms with E-state index in [-0.39, 0.29) is 18.5 Å². The van der Waals surface area contributed by atoms with E-state index in [2.05, 4.69) is 19.2 Å². The SMILES string of the molecule is CCCCCCCCCCCCCCC(=O)OCCCCCCCCCCCCCCCCCCCCCCC(=O)NC(CO)C(O)CCCCCCCCCCCCCC. The molecule has 1 amide bonds. The van der Waals surface area contributed by atoms with Crippen molar-refractivity contribution in [2.75, 3.05) is 13.2 Å². The monoisotopic (exact) mass is 864 g/mol. The van der Waals surface area contributed by atoms with Gasteiger partial charge >= 0.3 is 5.97 Å². The second kappa shape index (κ2) is 51.5. The third kappa shape index (κ3) is 48.2. The van der Waals surface area contributed by atoms with E-state index < -0.39 is 12.1 Å². The standard InChI is InChI=1S/C55H109NO5/c1-3-5-7-9-11-13-15-27-31-35-39-43-47-53(58)52(51-57)56-54(59)48-44-40-36-32-28-25-23-21-19-17-18-20-22-24-26-30-34-38-42-46-50-61-55(60)49-45-41-37-33-29-16-14-12-10-8-6-4-2/h52-53,57-58H,3-51H2,1-2H3,(H,56,59). The summed E-state index contributed by atoms with van der Waals surface area (Å²) in [5, 5.41) is 23.2. The minimum Gasteiger partial charge on any atom is -0.466 e. The lowest BCUT2D eigenvalue weighted by Crippen LogP contribution is -2.45. The first-order valence-corrected chi connectivity index (χ1v) is 27.8. The van der Waals surface area contributed by atoms with Crippen LogP contribution in [0.4, 0.5) is 0 Å². The zero-order valence-electron chi connectivity index (χ0n) is 41.4. The van der Waals surface area contributed by atoms with E-state index in [0.29, 0.717) is 25.9 Å². The van der Waals surface area contributed by atoms with Crippen LogP contribution in [0.3, 0.4) is 0 Å². The van der Waals surface area contributed by atoms with Crippen LogP contribution in [0, 0.1) is 0 Å². The van der Waals surface area contributed by atoms with Crippen molar-refractivity contribution in [2.45, 2.75) is 328 Å². The highest BCUT2D eigenvalue weighted by Crippen LogP contribution is 2.18. The molecule has 0 bridgehead atoms. The van der Waals surface area contributed by atoms with Crippen LogP contribution in [-0.4, -0.2) is 47.4 Å². The third-order valence-corrected chi connectivity index (χ3v) is 13.2. The lowest BCUT2D eigenvalue weighted by molar-refractivity contribution is -0.143. The van der Waals surface area contributed by atoms with Gasteiger partial charge < -0.3 is 20.3 Å². The smallest absolute Gasteiger partial charge is 0.305 e. The number of carbonyl (C=O) groups excluding carboxylic acids is 2. The van der Waals surface area contributed by atoms with E-state index in [1.54, 1.807) is 0 Å². The molecule has 0 aliphatic heterocycles. The second-order valence-electron chi connectivity index (χ2n) is 19.3. The van der Waals surface area contributed by atoms with E-state index in [0.717, 1.165) is 38.5 Å². The first kappa shape index (κ1) is 59.9. The Morgan fingerprint density at radius 2 is 0.672 bits per heavy atom. The minimum absolute atomic E-state index is 0.0118. The Morgan fingerprint density at radius 1 is 0.393 bits per heavy atom. The maximum absolute atomic E-state index is 12.4. The molecular formula is C55H109NO5. The summed E-state index contributed by atoms with van der Waals surface area (Å²) in [6.45, 7) is 4.96. The minimum atomic E-state index is -0.663. The van der Waals surface area contributed by atoms with Crippen LogP contribution < -0.4 is 5.32 Å². The van der Waals surface area contributed by atoms with E-state index in [1.807, 2.05) is 0 Å². The Hall–Kier alpha value is -1.14. The summed E-state index contributed by atoms with van der Waals surface area (Å²) >= 11 is 0. The summed E-state index contributed by atoms with van der Waals surface area (Å²) in [6.07, 6.45) is 58.0. The predicted molar refractivity (Wildman–Crippen MR) is 264 cm³/mol. The van der Waals surface area contributed by atoms with Gasteiger partial charge in [-0.1, -0.05) is 277 Å². The van der Waals surface area contributed by atoms with Gasteiger partial charge in [0, 0.05) is 12.8 Å². The van der Waals surface area contributed by atoms with Gasteiger partial charge in [0.1, 0.15) is 0 Å². The molecule has 0 radical (unpaired) electrons. The fraction of sp³-hybridized carbons (Fsp3) is 0.964. The molecule has 2 atom stereocenters. The number of esters is 1. The molecule has 0 rings (SSSR count). The summed E-state index contributed by atoms with van der Waals surface area (Å²) in [6, 6.07) is -0.540. The van der Waals surface area contributed by atoms with Gasteiger partial charge in [0.15, 0.2) is 0 Å². The van der Waals surface area contributed by atoms with E-state index in [9.17, 15) is 19.8 Å². The van der Waals surface area contributed by atoms with Crippen molar-refractivity contribution in [3.05, 3.63) is 0 Å². The molecule has 0 saturated heterocycles. The summed E-state index contributed by atoms with van der Waals surface area (Å²) in [5.74, 6) is -0.0239. The lowest BCUT2D eigenvalue weighted by Gasteiger charge is -2.22. The molecule has 0 aliphatic rings. The van der Waals surface area contributed by atoms with Gasteiger partial charge in [-0.15, -0.1) is 0 Å². The van der Waals surface area contributed by atoms with Crippen LogP contribution in [0.15, 0.2) is 0 Å². The molecule has 0 aromatic heterocycles. The Morgan fingerprint density at radius 3 is 1.00 bits per heavy atom. The highest BCUT2D eigenvalue weighted by molar-refractivity contribution is 5.76. The summed E-state index contributed by atoms with van der Waals surface area (Å²) in [5.41, 5.74) is 0. The molecule has 6 heteroatoms. The van der Waals surface area contributed by atoms with Crippen LogP contribution in [-0.2, 0) is 14.3 Å². The molecule has 364 valence electrons. The van der Waals surface area contributed by atoms with Crippen molar-refractivity contribution in [3.8, 4) is 0 Å². The molecule has 2 unspecified atom stereocenters. The Labute approximate surface area is 381 Å². The summed E-state index contributed by atoms with van der Waals surface area (Å²) in [4.78, 5) is 24.4. The molecule has 6 nitrogen and oxygen atoms in total. The molecule has 3 N–H and O–H groups in total. The van der Waals surface area contributed by atoms with Crippen molar-refractivity contribution >= 4 is 11.9 Å². The number of aliphatic hydroxyl groups is 2. The van der Waals surface area contributed by atoms with Gasteiger partial charge in [-0.2, -0.15) is 0 Å². The first-order chi connectivity index (χ1) is 30.0. The number of ether oxygens (including phenoxy) is 1. The molecule has 0 saturated carbocycles. The van der Waals surface area contributed by atoms with E-state index in [1.165, 1.54) is 244 Å². The molecule has 0 aromatic rings. The lowest BCUT2D eigenvalue weighted by atomic mass is 10.0. The van der Waals surface area contributed by atoms with Crippen LogP contribution in [0.25, 0.3) is 0 Å². The maximum atomic E-state index is 12.4. The number of amides is 1. The number of carbonyl (C=O) groups is 2. The van der Waals surface area contributed by atoms with Crippen molar-refractivity contribution in [1.82, 2.24) is 5.32 Å². The number of hydrogen-bond donors (Lipinski definition) is 3. The number of unbranched alkanes of at least 4 members (excludes halogenated alkanes) is 41. The van der Waals surface area contributed by atoms with Gasteiger partial charge in [-0.05, 0) is 25.7 Å². The van der Waals surface area contributed by atoms with E-state index >= 15 is 0 Å². The molecule has 0 spiro atoms. The van der Waals surface area contributed by atoms with Gasteiger partial charge in [0.05, 0.1) is 25.4 Å². The highest BCUT2D eigenvalue weighted by atomic mass is 16.5. The Kier molecular flexibility index (Phi) is 50.5. The number of aliphatic hydroxyl groups excluding tert-OH is 2. The fourth-order valence-electron chi connectivity index (χ4n) is 8.88. The number of rotatable bonds is 52. The quantitative estimate of drug-likeness (QED) is 0.0418. The van der Waals surface area contributed by atoms with Crippen molar-refractivity contribution in [3.63, 3.8) is 0 Å². The number of hydrogen-bond acceptors (Lipinski definition) is 5. The van der Waals surface area contributed by atoms with Crippen molar-refractivity contribution < 1.29 is 24.5 Å². The topological polar surface area (TPSA) is 95.9 Å². The van der Waals surface area contributed by atoms with Crippen LogP contribution in [0.5, 0.6) is 0 Å². The van der Waals surface area contributed by atoms with Gasteiger partial charge in [-0.3, -0.25) is 9.59 Å². The average molecular weight is 864 g/mol. The van der Waals surface area contributed by atoms with E-state index in [4.69, 9.17) is 4.74 Å². The Bertz CT molecular complexity index is 867. The molecular weight excluding hydrogens is 755 g/mol. The highest BCUT2D eigenvalue weighted by Gasteiger charge is 2.20. The second-order valence-corrected chi connectivity index (χ2v) is 19.3. The maximum Gasteiger partial charge on any atom is 0.305 e. The number of nitrogens with one attached hydrogen (secondary N) is 1. The predicted octanol–water partition coefficient (Wildman–Crippen LogP) is 16.7.